The summed E-state index contributed by atoms with van der Waals surface area (Å²) >= 11 is 0. The molecule has 1 aromatic heterocycles. The second-order valence-electron chi connectivity index (χ2n) is 8.49. The minimum absolute atomic E-state index is 0.155. The zero-order valence-corrected chi connectivity index (χ0v) is 18.3. The number of fused-ring (bicyclic) bond motifs is 4. The highest BCUT2D eigenvalue weighted by Crippen LogP contribution is 2.33. The monoisotopic (exact) mass is 458 g/mol. The molecule has 1 aliphatic carbocycles. The molecule has 1 aliphatic rings. The van der Waals surface area contributed by atoms with E-state index in [0.29, 0.717) is 30.2 Å². The van der Waals surface area contributed by atoms with Gasteiger partial charge in [0, 0.05) is 28.7 Å². The molecule has 0 fully saturated rings. The molecule has 4 aromatic rings. The van der Waals surface area contributed by atoms with Gasteiger partial charge in [0.2, 0.25) is 0 Å². The Labute approximate surface area is 195 Å². The smallest absolute Gasteiger partial charge is 0.349 e. The van der Waals surface area contributed by atoms with E-state index in [4.69, 9.17) is 4.84 Å². The number of halogens is 1. The van der Waals surface area contributed by atoms with Crippen LogP contribution in [-0.4, -0.2) is 27.7 Å². The highest BCUT2D eigenvalue weighted by atomic mass is 19.1. The number of carboxylic acids is 1. The third kappa shape index (κ3) is 4.43. The van der Waals surface area contributed by atoms with Gasteiger partial charge in [-0.25, -0.2) is 9.18 Å². The van der Waals surface area contributed by atoms with E-state index in [1.54, 1.807) is 16.7 Å². The van der Waals surface area contributed by atoms with Crippen molar-refractivity contribution in [3.8, 4) is 0 Å². The number of carboxylic acid groups (broad SMARTS) is 1. The standard InChI is InChI=1S/C27H23FN2O4/c28-20-8-10-24-22(14-20)23-15-21(9-11-25(23)30(24)16-26(31)32)29-34-27(33)12-6-17-5-7-18-3-1-2-4-19(18)13-17/h1-8,10,12-14,21,29H,9,11,15-16H2,(H,31,32)/t21-/m0/s1. The van der Waals surface area contributed by atoms with Crippen LogP contribution < -0.4 is 5.48 Å². The van der Waals surface area contributed by atoms with Crippen molar-refractivity contribution in [1.29, 1.82) is 0 Å². The molecule has 3 aromatic carbocycles. The summed E-state index contributed by atoms with van der Waals surface area (Å²) in [5.74, 6) is -1.84. The molecule has 0 spiro atoms. The number of hydrogen-bond acceptors (Lipinski definition) is 4. The third-order valence-corrected chi connectivity index (χ3v) is 6.23. The van der Waals surface area contributed by atoms with Crippen LogP contribution in [-0.2, 0) is 33.8 Å². The van der Waals surface area contributed by atoms with Crippen molar-refractivity contribution < 1.29 is 23.9 Å². The maximum atomic E-state index is 13.9. The van der Waals surface area contributed by atoms with Gasteiger partial charge < -0.3 is 14.5 Å². The Morgan fingerprint density at radius 2 is 1.94 bits per heavy atom. The number of carbonyl (C=O) groups excluding carboxylic acids is 1. The Morgan fingerprint density at radius 3 is 2.76 bits per heavy atom. The van der Waals surface area contributed by atoms with Crippen LogP contribution in [0.4, 0.5) is 4.39 Å². The van der Waals surface area contributed by atoms with Crippen LogP contribution in [0.2, 0.25) is 0 Å². The maximum absolute atomic E-state index is 13.9. The molecule has 0 bridgehead atoms. The van der Waals surface area contributed by atoms with Gasteiger partial charge in [-0.1, -0.05) is 36.4 Å². The van der Waals surface area contributed by atoms with Gasteiger partial charge in [0.15, 0.2) is 0 Å². The van der Waals surface area contributed by atoms with Crippen molar-refractivity contribution in [3.05, 3.63) is 89.4 Å². The van der Waals surface area contributed by atoms with Gasteiger partial charge in [-0.15, -0.1) is 5.48 Å². The molecule has 0 radical (unpaired) electrons. The van der Waals surface area contributed by atoms with Crippen molar-refractivity contribution in [2.24, 2.45) is 0 Å². The first-order chi connectivity index (χ1) is 16.5. The molecule has 5 rings (SSSR count). The van der Waals surface area contributed by atoms with E-state index in [1.165, 1.54) is 18.2 Å². The van der Waals surface area contributed by atoms with E-state index in [1.807, 2.05) is 42.5 Å². The highest BCUT2D eigenvalue weighted by molar-refractivity contribution is 5.90. The highest BCUT2D eigenvalue weighted by Gasteiger charge is 2.27. The van der Waals surface area contributed by atoms with Crippen molar-refractivity contribution in [3.63, 3.8) is 0 Å². The molecule has 0 saturated carbocycles. The zero-order valence-electron chi connectivity index (χ0n) is 18.3. The SMILES string of the molecule is O=C(O)Cn1c2c(c3cc(F)ccc31)C[C@@H](NOC(=O)C=Cc1ccc3ccccc3c1)CC2. The lowest BCUT2D eigenvalue weighted by Gasteiger charge is -2.24. The molecular formula is C27H23FN2O4. The van der Waals surface area contributed by atoms with Gasteiger partial charge in [-0.3, -0.25) is 4.79 Å². The molecule has 0 amide bonds. The lowest BCUT2D eigenvalue weighted by molar-refractivity contribution is -0.147. The molecule has 0 unspecified atom stereocenters. The molecule has 6 nitrogen and oxygen atoms in total. The molecule has 1 heterocycles. The Bertz CT molecular complexity index is 1440. The van der Waals surface area contributed by atoms with E-state index in [9.17, 15) is 19.1 Å². The van der Waals surface area contributed by atoms with Crippen LogP contribution in [0.15, 0.2) is 66.7 Å². The Kier molecular flexibility index (Phi) is 5.86. The number of hydroxylamine groups is 1. The predicted molar refractivity (Wildman–Crippen MR) is 128 cm³/mol. The van der Waals surface area contributed by atoms with Crippen LogP contribution in [0, 0.1) is 5.82 Å². The van der Waals surface area contributed by atoms with Gasteiger partial charge in [-0.2, -0.15) is 0 Å². The average molecular weight is 458 g/mol. The minimum Gasteiger partial charge on any atom is -0.480 e. The molecule has 34 heavy (non-hydrogen) atoms. The fourth-order valence-electron chi connectivity index (χ4n) is 4.69. The lowest BCUT2D eigenvalue weighted by Crippen LogP contribution is -2.36. The van der Waals surface area contributed by atoms with E-state index >= 15 is 0 Å². The molecule has 7 heteroatoms. The topological polar surface area (TPSA) is 80.6 Å². The van der Waals surface area contributed by atoms with E-state index in [-0.39, 0.29) is 18.4 Å². The lowest BCUT2D eigenvalue weighted by atomic mass is 9.92. The van der Waals surface area contributed by atoms with Crippen molar-refractivity contribution >= 4 is 39.7 Å². The first-order valence-corrected chi connectivity index (χ1v) is 11.1. The van der Waals surface area contributed by atoms with Crippen molar-refractivity contribution in [1.82, 2.24) is 10.0 Å². The first-order valence-electron chi connectivity index (χ1n) is 11.1. The van der Waals surface area contributed by atoms with Crippen molar-refractivity contribution in [2.75, 3.05) is 0 Å². The number of nitrogens with zero attached hydrogens (tertiary/aromatic N) is 1. The fraction of sp³-hybridized carbons (Fsp3) is 0.185. The summed E-state index contributed by atoms with van der Waals surface area (Å²) < 4.78 is 15.7. The van der Waals surface area contributed by atoms with Crippen LogP contribution >= 0.6 is 0 Å². The van der Waals surface area contributed by atoms with Crippen LogP contribution in [0.5, 0.6) is 0 Å². The quantitative estimate of drug-likeness (QED) is 0.325. The molecular weight excluding hydrogens is 435 g/mol. The predicted octanol–water partition coefficient (Wildman–Crippen LogP) is 4.64. The summed E-state index contributed by atoms with van der Waals surface area (Å²) in [5.41, 5.74) is 6.21. The van der Waals surface area contributed by atoms with Crippen LogP contribution in [0.25, 0.3) is 27.8 Å². The number of hydrogen-bond donors (Lipinski definition) is 2. The number of carbonyl (C=O) groups is 2. The minimum atomic E-state index is -0.948. The third-order valence-electron chi connectivity index (χ3n) is 6.23. The van der Waals surface area contributed by atoms with Gasteiger partial charge in [0.1, 0.15) is 12.4 Å². The Balaban J connectivity index is 1.27. The van der Waals surface area contributed by atoms with E-state index in [0.717, 1.165) is 27.6 Å². The summed E-state index contributed by atoms with van der Waals surface area (Å²) in [7, 11) is 0. The largest absolute Gasteiger partial charge is 0.480 e. The Hall–Kier alpha value is -3.97. The van der Waals surface area contributed by atoms with Gasteiger partial charge in [-0.05, 0) is 71.5 Å². The number of aromatic nitrogens is 1. The van der Waals surface area contributed by atoms with Gasteiger partial charge in [0.25, 0.3) is 0 Å². The molecule has 1 atom stereocenters. The number of aliphatic carboxylic acids is 1. The Morgan fingerprint density at radius 1 is 1.12 bits per heavy atom. The summed E-state index contributed by atoms with van der Waals surface area (Å²) in [6.07, 6.45) is 4.84. The average Bonchev–Trinajstić information content (AvgIpc) is 3.12. The second kappa shape index (κ2) is 9.11. The van der Waals surface area contributed by atoms with E-state index < -0.39 is 11.9 Å². The molecule has 0 aliphatic heterocycles. The number of benzene rings is 3. The summed E-state index contributed by atoms with van der Waals surface area (Å²) in [6.45, 7) is -0.176. The second-order valence-corrected chi connectivity index (χ2v) is 8.49. The van der Waals surface area contributed by atoms with E-state index in [2.05, 4.69) is 5.48 Å². The molecule has 172 valence electrons. The number of rotatable bonds is 6. The molecule has 2 N–H and O–H groups in total. The summed E-state index contributed by atoms with van der Waals surface area (Å²) in [4.78, 5) is 28.9. The first kappa shape index (κ1) is 21.9. The normalized spacial score (nSPS) is 15.6. The van der Waals surface area contributed by atoms with Crippen LogP contribution in [0.3, 0.4) is 0 Å². The van der Waals surface area contributed by atoms with Gasteiger partial charge in [0.05, 0.1) is 0 Å². The van der Waals surface area contributed by atoms with Gasteiger partial charge >= 0.3 is 11.9 Å². The number of nitrogens with one attached hydrogen (secondary N) is 1. The van der Waals surface area contributed by atoms with Crippen LogP contribution in [0.1, 0.15) is 23.2 Å². The summed E-state index contributed by atoms with van der Waals surface area (Å²) in [6, 6.07) is 18.2. The zero-order chi connectivity index (χ0) is 23.7. The maximum Gasteiger partial charge on any atom is 0.349 e. The summed E-state index contributed by atoms with van der Waals surface area (Å²) in [5, 5.41) is 12.2. The van der Waals surface area contributed by atoms with Crippen molar-refractivity contribution in [2.45, 2.75) is 31.8 Å². The fourth-order valence-corrected chi connectivity index (χ4v) is 4.69. The molecule has 0 saturated heterocycles.